The molecule has 0 aliphatic rings. The van der Waals surface area contributed by atoms with E-state index in [1.54, 1.807) is 13.2 Å². The first-order valence-electron chi connectivity index (χ1n) is 5.62. The largest absolute Gasteiger partial charge is 0.384 e. The molecular formula is C12H15FIN3O. The number of imidazole rings is 1. The van der Waals surface area contributed by atoms with Crippen molar-refractivity contribution in [3.63, 3.8) is 0 Å². The number of rotatable bonds is 4. The lowest BCUT2D eigenvalue weighted by Crippen LogP contribution is -2.14. The van der Waals surface area contributed by atoms with E-state index in [-0.39, 0.29) is 11.7 Å². The molecule has 0 saturated heterocycles. The minimum absolute atomic E-state index is 0.247. The van der Waals surface area contributed by atoms with Crippen molar-refractivity contribution in [3.8, 4) is 0 Å². The van der Waals surface area contributed by atoms with Crippen LogP contribution in [-0.2, 0) is 11.3 Å². The van der Waals surface area contributed by atoms with Gasteiger partial charge < -0.3 is 15.0 Å². The molecule has 98 valence electrons. The summed E-state index contributed by atoms with van der Waals surface area (Å²) in [7, 11) is 1.66. The topological polar surface area (TPSA) is 53.1 Å². The minimum atomic E-state index is -0.247. The van der Waals surface area contributed by atoms with Gasteiger partial charge in [0.1, 0.15) is 5.82 Å². The standard InChI is InChI=1S/C12H15FIN3O/c1-7(6-18-2)5-17-11-3-8(13)9(14)4-10(11)16-12(17)15/h3-4,7H,5-6H2,1-2H3,(H2,15,16). The van der Waals surface area contributed by atoms with Gasteiger partial charge in [-0.2, -0.15) is 0 Å². The molecular weight excluding hydrogens is 348 g/mol. The third kappa shape index (κ3) is 2.59. The number of halogens is 2. The number of anilines is 1. The number of methoxy groups -OCH3 is 1. The molecule has 1 aromatic heterocycles. The molecule has 1 unspecified atom stereocenters. The first-order chi connectivity index (χ1) is 8.52. The molecule has 0 spiro atoms. The monoisotopic (exact) mass is 363 g/mol. The summed E-state index contributed by atoms with van der Waals surface area (Å²) in [5, 5.41) is 0. The SMILES string of the molecule is COCC(C)Cn1c(N)nc2cc(I)c(F)cc21. The summed E-state index contributed by atoms with van der Waals surface area (Å²) in [6.07, 6.45) is 0. The summed E-state index contributed by atoms with van der Waals surface area (Å²) >= 11 is 1.95. The zero-order valence-corrected chi connectivity index (χ0v) is 12.4. The Morgan fingerprint density at radius 3 is 2.94 bits per heavy atom. The number of nitrogens with zero attached hydrogens (tertiary/aromatic N) is 2. The van der Waals surface area contributed by atoms with Gasteiger partial charge in [-0.05, 0) is 34.6 Å². The number of nitrogen functional groups attached to an aromatic ring is 1. The highest BCUT2D eigenvalue weighted by Crippen LogP contribution is 2.23. The number of ether oxygens (including phenoxy) is 1. The fraction of sp³-hybridized carbons (Fsp3) is 0.417. The molecule has 0 radical (unpaired) electrons. The average molecular weight is 363 g/mol. The maximum Gasteiger partial charge on any atom is 0.201 e. The number of nitrogens with two attached hydrogens (primary N) is 1. The Hall–Kier alpha value is -0.890. The average Bonchev–Trinajstić information content (AvgIpc) is 2.57. The molecule has 2 rings (SSSR count). The molecule has 0 fully saturated rings. The second-order valence-electron chi connectivity index (χ2n) is 4.40. The van der Waals surface area contributed by atoms with E-state index in [1.165, 1.54) is 6.07 Å². The van der Waals surface area contributed by atoms with Gasteiger partial charge in [-0.3, -0.25) is 0 Å². The van der Waals surface area contributed by atoms with E-state index in [1.807, 2.05) is 27.2 Å². The Morgan fingerprint density at radius 2 is 2.28 bits per heavy atom. The molecule has 18 heavy (non-hydrogen) atoms. The second kappa shape index (κ2) is 5.40. The first-order valence-corrected chi connectivity index (χ1v) is 6.70. The van der Waals surface area contributed by atoms with E-state index in [4.69, 9.17) is 10.5 Å². The van der Waals surface area contributed by atoms with Crippen molar-refractivity contribution < 1.29 is 9.13 Å². The third-order valence-electron chi connectivity index (χ3n) is 2.77. The molecule has 2 N–H and O–H groups in total. The van der Waals surface area contributed by atoms with Gasteiger partial charge in [0.2, 0.25) is 5.95 Å². The van der Waals surface area contributed by atoms with E-state index in [0.29, 0.717) is 22.7 Å². The van der Waals surface area contributed by atoms with Crippen LogP contribution in [0.1, 0.15) is 6.92 Å². The molecule has 0 bridgehead atoms. The molecule has 0 amide bonds. The molecule has 1 aromatic carbocycles. The van der Waals surface area contributed by atoms with Crippen molar-refractivity contribution in [2.75, 3.05) is 19.5 Å². The van der Waals surface area contributed by atoms with E-state index in [2.05, 4.69) is 11.9 Å². The van der Waals surface area contributed by atoms with Gasteiger partial charge in [-0.15, -0.1) is 0 Å². The van der Waals surface area contributed by atoms with Crippen LogP contribution in [0.3, 0.4) is 0 Å². The molecule has 2 aromatic rings. The van der Waals surface area contributed by atoms with Gasteiger partial charge in [-0.25, -0.2) is 9.37 Å². The third-order valence-corrected chi connectivity index (χ3v) is 3.59. The summed E-state index contributed by atoms with van der Waals surface area (Å²) in [5.41, 5.74) is 7.34. The maximum atomic E-state index is 13.6. The zero-order valence-electron chi connectivity index (χ0n) is 10.3. The fourth-order valence-electron chi connectivity index (χ4n) is 1.98. The molecule has 4 nitrogen and oxygen atoms in total. The van der Waals surface area contributed by atoms with Crippen LogP contribution in [0, 0.1) is 15.3 Å². The van der Waals surface area contributed by atoms with Gasteiger partial charge in [-0.1, -0.05) is 6.92 Å². The number of fused-ring (bicyclic) bond motifs is 1. The van der Waals surface area contributed by atoms with Crippen molar-refractivity contribution in [1.82, 2.24) is 9.55 Å². The van der Waals surface area contributed by atoms with Crippen molar-refractivity contribution in [2.24, 2.45) is 5.92 Å². The van der Waals surface area contributed by atoms with Crippen LogP contribution in [0.15, 0.2) is 12.1 Å². The lowest BCUT2D eigenvalue weighted by molar-refractivity contribution is 0.152. The van der Waals surface area contributed by atoms with E-state index in [9.17, 15) is 4.39 Å². The van der Waals surface area contributed by atoms with Crippen LogP contribution in [-0.4, -0.2) is 23.3 Å². The maximum absolute atomic E-state index is 13.6. The van der Waals surface area contributed by atoms with Gasteiger partial charge >= 0.3 is 0 Å². The Labute approximate surface area is 118 Å². The van der Waals surface area contributed by atoms with Crippen LogP contribution in [0.5, 0.6) is 0 Å². The van der Waals surface area contributed by atoms with Gasteiger partial charge in [0, 0.05) is 19.7 Å². The molecule has 1 atom stereocenters. The predicted molar refractivity (Wildman–Crippen MR) is 77.9 cm³/mol. The zero-order chi connectivity index (χ0) is 13.3. The molecule has 6 heteroatoms. The Kier molecular flexibility index (Phi) is 4.06. The van der Waals surface area contributed by atoms with Crippen molar-refractivity contribution in [2.45, 2.75) is 13.5 Å². The summed E-state index contributed by atoms with van der Waals surface area (Å²) in [6.45, 7) is 3.35. The smallest absolute Gasteiger partial charge is 0.201 e. The number of aromatic nitrogens is 2. The second-order valence-corrected chi connectivity index (χ2v) is 5.56. The van der Waals surface area contributed by atoms with Crippen LogP contribution in [0.25, 0.3) is 11.0 Å². The highest BCUT2D eigenvalue weighted by Gasteiger charge is 2.13. The lowest BCUT2D eigenvalue weighted by Gasteiger charge is -2.13. The summed E-state index contributed by atoms with van der Waals surface area (Å²) in [5.74, 6) is 0.454. The van der Waals surface area contributed by atoms with Gasteiger partial charge in [0.25, 0.3) is 0 Å². The Morgan fingerprint density at radius 1 is 1.56 bits per heavy atom. The highest BCUT2D eigenvalue weighted by molar-refractivity contribution is 14.1. The Bertz CT molecular complexity index is 570. The molecule has 1 heterocycles. The fourth-order valence-corrected chi connectivity index (χ4v) is 2.43. The first kappa shape index (κ1) is 13.5. The summed E-state index contributed by atoms with van der Waals surface area (Å²) in [6, 6.07) is 3.19. The van der Waals surface area contributed by atoms with Crippen molar-refractivity contribution in [3.05, 3.63) is 21.5 Å². The molecule has 0 aliphatic carbocycles. The van der Waals surface area contributed by atoms with Crippen LogP contribution >= 0.6 is 22.6 Å². The number of hydrogen-bond acceptors (Lipinski definition) is 3. The summed E-state index contributed by atoms with van der Waals surface area (Å²) < 4.78 is 21.1. The highest BCUT2D eigenvalue weighted by atomic mass is 127. The van der Waals surface area contributed by atoms with E-state index >= 15 is 0 Å². The predicted octanol–water partition coefficient (Wildman–Crippen LogP) is 2.64. The van der Waals surface area contributed by atoms with Crippen LogP contribution in [0.2, 0.25) is 0 Å². The Balaban J connectivity index is 2.43. The van der Waals surface area contributed by atoms with E-state index < -0.39 is 0 Å². The molecule has 0 saturated carbocycles. The van der Waals surface area contributed by atoms with Gasteiger partial charge in [0.05, 0.1) is 21.2 Å². The summed E-state index contributed by atoms with van der Waals surface area (Å²) in [4.78, 5) is 4.26. The van der Waals surface area contributed by atoms with Crippen molar-refractivity contribution in [1.29, 1.82) is 0 Å². The number of hydrogen-bond donors (Lipinski definition) is 1. The minimum Gasteiger partial charge on any atom is -0.384 e. The molecule has 0 aliphatic heterocycles. The van der Waals surface area contributed by atoms with Crippen molar-refractivity contribution >= 4 is 39.6 Å². The van der Waals surface area contributed by atoms with E-state index in [0.717, 1.165) is 11.0 Å². The normalized spacial score (nSPS) is 13.1. The quantitative estimate of drug-likeness (QED) is 0.850. The van der Waals surface area contributed by atoms with Gasteiger partial charge in [0.15, 0.2) is 0 Å². The van der Waals surface area contributed by atoms with Crippen LogP contribution in [0.4, 0.5) is 10.3 Å². The number of benzene rings is 1. The lowest BCUT2D eigenvalue weighted by atomic mass is 10.2. The van der Waals surface area contributed by atoms with Crippen LogP contribution < -0.4 is 5.73 Å².